The predicted molar refractivity (Wildman–Crippen MR) is 91.9 cm³/mol. The smallest absolute Gasteiger partial charge is 0.250 e. The number of fused-ring (bicyclic) bond motifs is 1. The third-order valence-corrected chi connectivity index (χ3v) is 4.04. The number of anilines is 1. The molecule has 3 aromatic heterocycles. The van der Waals surface area contributed by atoms with Crippen molar-refractivity contribution in [3.05, 3.63) is 72.6 Å². The minimum absolute atomic E-state index is 0.446. The van der Waals surface area contributed by atoms with Gasteiger partial charge in [-0.05, 0) is 30.3 Å². The molecular formula is C18H15N5O. The summed E-state index contributed by atoms with van der Waals surface area (Å²) in [6, 6.07) is 9.43. The van der Waals surface area contributed by atoms with Crippen molar-refractivity contribution in [2.45, 2.75) is 6.54 Å². The van der Waals surface area contributed by atoms with E-state index in [4.69, 9.17) is 5.73 Å². The molecule has 118 valence electrons. The lowest BCUT2D eigenvalue weighted by atomic mass is 10.1. The average molecular weight is 317 g/mol. The van der Waals surface area contributed by atoms with E-state index in [0.29, 0.717) is 23.5 Å². The molecule has 4 rings (SSSR count). The Morgan fingerprint density at radius 1 is 1.08 bits per heavy atom. The van der Waals surface area contributed by atoms with Gasteiger partial charge in [-0.1, -0.05) is 0 Å². The highest BCUT2D eigenvalue weighted by Crippen LogP contribution is 2.34. The second kappa shape index (κ2) is 5.66. The molecule has 6 heteroatoms. The van der Waals surface area contributed by atoms with Gasteiger partial charge in [0.15, 0.2) is 0 Å². The molecule has 0 bridgehead atoms. The number of hydrogen-bond donors (Lipinski definition) is 1. The maximum Gasteiger partial charge on any atom is 0.250 e. The maximum absolute atomic E-state index is 12.0. The van der Waals surface area contributed by atoms with Crippen molar-refractivity contribution < 1.29 is 4.79 Å². The van der Waals surface area contributed by atoms with Gasteiger partial charge >= 0.3 is 0 Å². The van der Waals surface area contributed by atoms with E-state index < -0.39 is 5.91 Å². The number of aromatic nitrogens is 3. The monoisotopic (exact) mass is 317 g/mol. The average Bonchev–Trinajstić information content (AvgIpc) is 3.09. The summed E-state index contributed by atoms with van der Waals surface area (Å²) in [5.74, 6) is -0.475. The van der Waals surface area contributed by atoms with Crippen molar-refractivity contribution in [3.8, 4) is 11.3 Å². The second-order valence-corrected chi connectivity index (χ2v) is 5.49. The molecule has 0 unspecified atom stereocenters. The van der Waals surface area contributed by atoms with Crippen LogP contribution in [0.3, 0.4) is 0 Å². The SMILES string of the molecule is NC(=O)c1ccnc(-c2ccncc2)c1N1C=Cn2cccc2C1. The molecule has 24 heavy (non-hydrogen) atoms. The standard InChI is InChI=1S/C18H15N5O/c19-18(24)15-5-8-21-16(13-3-6-20-7-4-13)17(15)23-11-10-22-9-1-2-14(22)12-23/h1-11H,12H2,(H2,19,24). The molecule has 0 aliphatic carbocycles. The Balaban J connectivity index is 1.88. The van der Waals surface area contributed by atoms with Crippen LogP contribution in [-0.2, 0) is 6.54 Å². The van der Waals surface area contributed by atoms with E-state index in [1.54, 1.807) is 24.7 Å². The van der Waals surface area contributed by atoms with Crippen LogP contribution < -0.4 is 10.6 Å². The molecule has 6 nitrogen and oxygen atoms in total. The van der Waals surface area contributed by atoms with Gasteiger partial charge in [0.05, 0.1) is 23.5 Å². The summed E-state index contributed by atoms with van der Waals surface area (Å²) in [5, 5.41) is 0. The fraction of sp³-hybridized carbons (Fsp3) is 0.0556. The molecule has 0 aromatic carbocycles. The zero-order chi connectivity index (χ0) is 16.5. The molecular weight excluding hydrogens is 302 g/mol. The van der Waals surface area contributed by atoms with Gasteiger partial charge in [-0.15, -0.1) is 0 Å². The van der Waals surface area contributed by atoms with Crippen molar-refractivity contribution in [2.24, 2.45) is 5.73 Å². The number of pyridine rings is 2. The number of nitrogens with zero attached hydrogens (tertiary/aromatic N) is 4. The van der Waals surface area contributed by atoms with Crippen molar-refractivity contribution in [1.29, 1.82) is 0 Å². The van der Waals surface area contributed by atoms with Crippen LogP contribution in [0.15, 0.2) is 61.3 Å². The molecule has 1 aliphatic heterocycles. The van der Waals surface area contributed by atoms with Gasteiger partial charge in [-0.3, -0.25) is 14.8 Å². The topological polar surface area (TPSA) is 77.0 Å². The van der Waals surface area contributed by atoms with Crippen LogP contribution >= 0.6 is 0 Å². The Bertz CT molecular complexity index is 930. The number of carbonyl (C=O) groups is 1. The minimum Gasteiger partial charge on any atom is -0.366 e. The van der Waals surface area contributed by atoms with Crippen molar-refractivity contribution >= 4 is 17.8 Å². The maximum atomic E-state index is 12.0. The Labute approximate surface area is 138 Å². The zero-order valence-corrected chi connectivity index (χ0v) is 12.8. The quantitative estimate of drug-likeness (QED) is 0.805. The minimum atomic E-state index is -0.475. The lowest BCUT2D eigenvalue weighted by Crippen LogP contribution is -2.25. The summed E-state index contributed by atoms with van der Waals surface area (Å²) in [4.78, 5) is 22.5. The molecule has 1 amide bonds. The van der Waals surface area contributed by atoms with E-state index in [0.717, 1.165) is 11.3 Å². The lowest BCUT2D eigenvalue weighted by molar-refractivity contribution is 0.100. The van der Waals surface area contributed by atoms with Crippen molar-refractivity contribution in [2.75, 3.05) is 4.90 Å². The van der Waals surface area contributed by atoms with Crippen LogP contribution in [0.4, 0.5) is 5.69 Å². The molecule has 0 saturated heterocycles. The van der Waals surface area contributed by atoms with E-state index in [1.807, 2.05) is 52.3 Å². The van der Waals surface area contributed by atoms with E-state index >= 15 is 0 Å². The highest BCUT2D eigenvalue weighted by Gasteiger charge is 2.22. The largest absolute Gasteiger partial charge is 0.366 e. The highest BCUT2D eigenvalue weighted by molar-refractivity contribution is 6.02. The first kappa shape index (κ1) is 14.2. The summed E-state index contributed by atoms with van der Waals surface area (Å²) in [7, 11) is 0. The number of nitrogens with two attached hydrogens (primary N) is 1. The predicted octanol–water partition coefficient (Wildman–Crippen LogP) is 2.49. The molecule has 0 fully saturated rings. The van der Waals surface area contributed by atoms with Crippen LogP contribution in [0, 0.1) is 0 Å². The molecule has 0 spiro atoms. The Morgan fingerprint density at radius 3 is 2.71 bits per heavy atom. The Kier molecular flexibility index (Phi) is 3.35. The Morgan fingerprint density at radius 2 is 1.92 bits per heavy atom. The van der Waals surface area contributed by atoms with Crippen LogP contribution in [0.5, 0.6) is 0 Å². The fourth-order valence-corrected chi connectivity index (χ4v) is 2.91. The molecule has 0 saturated carbocycles. The third-order valence-electron chi connectivity index (χ3n) is 4.04. The lowest BCUT2D eigenvalue weighted by Gasteiger charge is -2.28. The Hall–Kier alpha value is -3.41. The summed E-state index contributed by atoms with van der Waals surface area (Å²) in [6.45, 7) is 0.632. The van der Waals surface area contributed by atoms with E-state index in [1.165, 1.54) is 0 Å². The third kappa shape index (κ3) is 2.34. The van der Waals surface area contributed by atoms with Crippen LogP contribution in [0.1, 0.15) is 16.1 Å². The van der Waals surface area contributed by atoms with E-state index in [9.17, 15) is 4.79 Å². The van der Waals surface area contributed by atoms with Gasteiger partial charge in [-0.2, -0.15) is 0 Å². The highest BCUT2D eigenvalue weighted by atomic mass is 16.1. The van der Waals surface area contributed by atoms with Gasteiger partial charge < -0.3 is 15.2 Å². The normalized spacial score (nSPS) is 12.9. The molecule has 3 aromatic rings. The van der Waals surface area contributed by atoms with Gasteiger partial charge in [0.25, 0.3) is 5.91 Å². The van der Waals surface area contributed by atoms with Gasteiger partial charge in [0, 0.05) is 48.4 Å². The zero-order valence-electron chi connectivity index (χ0n) is 12.8. The molecule has 0 radical (unpaired) electrons. The number of rotatable bonds is 3. The summed E-state index contributed by atoms with van der Waals surface area (Å²) in [6.07, 6.45) is 10.9. The number of primary amides is 1. The molecule has 2 N–H and O–H groups in total. The van der Waals surface area contributed by atoms with Crippen LogP contribution in [0.25, 0.3) is 17.5 Å². The molecule has 4 heterocycles. The van der Waals surface area contributed by atoms with E-state index in [-0.39, 0.29) is 0 Å². The van der Waals surface area contributed by atoms with Crippen molar-refractivity contribution in [3.63, 3.8) is 0 Å². The number of hydrogen-bond acceptors (Lipinski definition) is 4. The van der Waals surface area contributed by atoms with Gasteiger partial charge in [0.2, 0.25) is 0 Å². The van der Waals surface area contributed by atoms with Crippen LogP contribution in [-0.4, -0.2) is 20.4 Å². The first-order chi connectivity index (χ1) is 11.7. The second-order valence-electron chi connectivity index (χ2n) is 5.49. The number of amides is 1. The summed E-state index contributed by atoms with van der Waals surface area (Å²) in [5.41, 5.74) is 9.48. The van der Waals surface area contributed by atoms with Gasteiger partial charge in [-0.25, -0.2) is 0 Å². The summed E-state index contributed by atoms with van der Waals surface area (Å²) >= 11 is 0. The molecule has 1 aliphatic rings. The van der Waals surface area contributed by atoms with E-state index in [2.05, 4.69) is 9.97 Å². The molecule has 0 atom stereocenters. The number of carbonyl (C=O) groups excluding carboxylic acids is 1. The first-order valence-electron chi connectivity index (χ1n) is 7.54. The first-order valence-corrected chi connectivity index (χ1v) is 7.54. The van der Waals surface area contributed by atoms with Crippen LogP contribution in [0.2, 0.25) is 0 Å². The fourth-order valence-electron chi connectivity index (χ4n) is 2.91. The van der Waals surface area contributed by atoms with Crippen molar-refractivity contribution in [1.82, 2.24) is 14.5 Å². The van der Waals surface area contributed by atoms with Gasteiger partial charge in [0.1, 0.15) is 0 Å². The summed E-state index contributed by atoms with van der Waals surface area (Å²) < 4.78 is 2.04.